The molecule has 0 spiro atoms. The first-order chi connectivity index (χ1) is 12.1. The number of rotatable bonds is 6. The smallest absolute Gasteiger partial charge is 0.326 e. The minimum atomic E-state index is -1.02. The van der Waals surface area contributed by atoms with Gasteiger partial charge in [0.05, 0.1) is 6.10 Å². The zero-order chi connectivity index (χ0) is 17.8. The monoisotopic (exact) mass is 346 g/mol. The van der Waals surface area contributed by atoms with E-state index in [9.17, 15) is 14.7 Å². The Morgan fingerprint density at radius 3 is 2.96 bits per heavy atom. The fraction of sp³-hybridized carbons (Fsp3) is 0.438. The fourth-order valence-corrected chi connectivity index (χ4v) is 2.79. The molecule has 2 aromatic heterocycles. The van der Waals surface area contributed by atoms with Gasteiger partial charge in [0.2, 0.25) is 17.6 Å². The number of nitrogens with zero attached hydrogens (tertiary/aromatic N) is 4. The van der Waals surface area contributed by atoms with Gasteiger partial charge in [0.15, 0.2) is 0 Å². The second kappa shape index (κ2) is 7.39. The number of aliphatic carboxylic acids is 1. The van der Waals surface area contributed by atoms with Crippen LogP contribution in [0.3, 0.4) is 0 Å². The highest BCUT2D eigenvalue weighted by molar-refractivity contribution is 5.84. The summed E-state index contributed by atoms with van der Waals surface area (Å²) in [5.74, 6) is -0.636. The average Bonchev–Trinajstić information content (AvgIpc) is 3.27. The first-order valence-corrected chi connectivity index (χ1v) is 7.87. The van der Waals surface area contributed by atoms with Crippen molar-refractivity contribution in [3.63, 3.8) is 0 Å². The highest BCUT2D eigenvalue weighted by Crippen LogP contribution is 2.22. The number of likely N-dealkylation sites (tertiary alicyclic amines) is 1. The number of carboxylic acids is 1. The third kappa shape index (κ3) is 3.82. The molecule has 0 bridgehead atoms. The van der Waals surface area contributed by atoms with Crippen LogP contribution in [-0.4, -0.2) is 62.8 Å². The molecule has 1 aliphatic heterocycles. The number of hydrogen-bond acceptors (Lipinski definition) is 7. The van der Waals surface area contributed by atoms with Crippen molar-refractivity contribution in [3.8, 4) is 11.5 Å². The lowest BCUT2D eigenvalue weighted by molar-refractivity contribution is -0.148. The molecule has 1 amide bonds. The van der Waals surface area contributed by atoms with Crippen LogP contribution in [-0.2, 0) is 20.7 Å². The van der Waals surface area contributed by atoms with Gasteiger partial charge >= 0.3 is 5.97 Å². The number of amides is 1. The van der Waals surface area contributed by atoms with Crippen LogP contribution in [0.4, 0.5) is 0 Å². The number of aromatic nitrogens is 3. The highest BCUT2D eigenvalue weighted by Gasteiger charge is 2.39. The standard InChI is InChI=1S/C16H18N4O5/c1-24-10-8-12(16(22)23)20(9-10)14(21)6-5-13-18-15(19-25-13)11-4-2-3-7-17-11/h2-4,7,10,12H,5-6,8-9H2,1H3,(H,22,23). The van der Waals surface area contributed by atoms with Crippen LogP contribution in [0.2, 0.25) is 0 Å². The Kier molecular flexibility index (Phi) is 5.03. The fourth-order valence-electron chi connectivity index (χ4n) is 2.79. The Bertz CT molecular complexity index is 748. The SMILES string of the molecule is COC1CC(C(=O)O)N(C(=O)CCc2nc(-c3ccccn3)no2)C1. The number of carbonyl (C=O) groups is 2. The van der Waals surface area contributed by atoms with Gasteiger partial charge in [0.1, 0.15) is 11.7 Å². The van der Waals surface area contributed by atoms with Gasteiger partial charge in [0, 0.05) is 39.1 Å². The van der Waals surface area contributed by atoms with Crippen LogP contribution in [0.5, 0.6) is 0 Å². The summed E-state index contributed by atoms with van der Waals surface area (Å²) in [6.45, 7) is 0.273. The average molecular weight is 346 g/mol. The minimum absolute atomic E-state index is 0.0874. The predicted molar refractivity (Wildman–Crippen MR) is 84.4 cm³/mol. The van der Waals surface area contributed by atoms with E-state index in [2.05, 4.69) is 15.1 Å². The predicted octanol–water partition coefficient (Wildman–Crippen LogP) is 0.765. The van der Waals surface area contributed by atoms with Crippen LogP contribution < -0.4 is 0 Å². The van der Waals surface area contributed by atoms with E-state index in [0.29, 0.717) is 23.8 Å². The molecule has 0 radical (unpaired) electrons. The molecule has 2 aromatic rings. The number of carbonyl (C=O) groups excluding carboxylic acids is 1. The molecule has 3 heterocycles. The van der Waals surface area contributed by atoms with E-state index in [1.54, 1.807) is 18.3 Å². The van der Waals surface area contributed by atoms with Crippen molar-refractivity contribution in [2.24, 2.45) is 0 Å². The molecule has 1 aliphatic rings. The molecule has 2 unspecified atom stereocenters. The van der Waals surface area contributed by atoms with Gasteiger partial charge in [0.25, 0.3) is 0 Å². The molecular formula is C16H18N4O5. The Morgan fingerprint density at radius 2 is 2.28 bits per heavy atom. The second-order valence-corrected chi connectivity index (χ2v) is 5.72. The Morgan fingerprint density at radius 1 is 1.44 bits per heavy atom. The van der Waals surface area contributed by atoms with Crippen LogP contribution >= 0.6 is 0 Å². The molecule has 0 saturated carbocycles. The third-order valence-electron chi connectivity index (χ3n) is 4.12. The first kappa shape index (κ1) is 17.0. The van der Waals surface area contributed by atoms with E-state index in [1.165, 1.54) is 12.0 Å². The number of ether oxygens (including phenoxy) is 1. The maximum atomic E-state index is 12.4. The van der Waals surface area contributed by atoms with Crippen molar-refractivity contribution in [1.82, 2.24) is 20.0 Å². The Balaban J connectivity index is 1.61. The lowest BCUT2D eigenvalue weighted by atomic mass is 10.2. The largest absolute Gasteiger partial charge is 0.480 e. The van der Waals surface area contributed by atoms with Crippen LogP contribution in [0.25, 0.3) is 11.5 Å². The maximum Gasteiger partial charge on any atom is 0.326 e. The van der Waals surface area contributed by atoms with Crippen molar-refractivity contribution in [2.45, 2.75) is 31.4 Å². The first-order valence-electron chi connectivity index (χ1n) is 7.87. The lowest BCUT2D eigenvalue weighted by Crippen LogP contribution is -2.40. The summed E-state index contributed by atoms with van der Waals surface area (Å²) in [6, 6.07) is 4.50. The summed E-state index contributed by atoms with van der Waals surface area (Å²) in [4.78, 5) is 33.4. The molecule has 9 heteroatoms. The van der Waals surface area contributed by atoms with E-state index in [1.807, 2.05) is 6.07 Å². The van der Waals surface area contributed by atoms with Gasteiger partial charge in [-0.05, 0) is 12.1 Å². The summed E-state index contributed by atoms with van der Waals surface area (Å²) in [5.41, 5.74) is 0.581. The van der Waals surface area contributed by atoms with Gasteiger partial charge in [-0.1, -0.05) is 11.2 Å². The highest BCUT2D eigenvalue weighted by atomic mass is 16.5. The molecule has 25 heavy (non-hydrogen) atoms. The number of aryl methyl sites for hydroxylation is 1. The summed E-state index contributed by atoms with van der Waals surface area (Å²) in [5, 5.41) is 13.1. The van der Waals surface area contributed by atoms with E-state index < -0.39 is 12.0 Å². The molecule has 2 atom stereocenters. The van der Waals surface area contributed by atoms with E-state index >= 15 is 0 Å². The second-order valence-electron chi connectivity index (χ2n) is 5.72. The molecular weight excluding hydrogens is 328 g/mol. The van der Waals surface area contributed by atoms with Crippen molar-refractivity contribution >= 4 is 11.9 Å². The minimum Gasteiger partial charge on any atom is -0.480 e. The van der Waals surface area contributed by atoms with Crippen LogP contribution in [0, 0.1) is 0 Å². The number of carboxylic acid groups (broad SMARTS) is 1. The summed E-state index contributed by atoms with van der Waals surface area (Å²) < 4.78 is 10.3. The van der Waals surface area contributed by atoms with E-state index in [4.69, 9.17) is 9.26 Å². The molecule has 1 fully saturated rings. The zero-order valence-corrected chi connectivity index (χ0v) is 13.7. The Hall–Kier alpha value is -2.81. The normalized spacial score (nSPS) is 20.0. The molecule has 132 valence electrons. The molecule has 9 nitrogen and oxygen atoms in total. The van der Waals surface area contributed by atoms with Crippen molar-refractivity contribution in [3.05, 3.63) is 30.3 Å². The maximum absolute atomic E-state index is 12.4. The van der Waals surface area contributed by atoms with Crippen molar-refractivity contribution in [2.75, 3.05) is 13.7 Å². The quantitative estimate of drug-likeness (QED) is 0.814. The molecule has 1 saturated heterocycles. The van der Waals surface area contributed by atoms with Crippen molar-refractivity contribution < 1.29 is 24.0 Å². The van der Waals surface area contributed by atoms with Crippen molar-refractivity contribution in [1.29, 1.82) is 0 Å². The van der Waals surface area contributed by atoms with Crippen LogP contribution in [0.1, 0.15) is 18.7 Å². The molecule has 1 N–H and O–H groups in total. The summed E-state index contributed by atoms with van der Waals surface area (Å²) in [6.07, 6.45) is 1.98. The van der Waals surface area contributed by atoms with E-state index in [-0.39, 0.29) is 31.4 Å². The summed E-state index contributed by atoms with van der Waals surface area (Å²) >= 11 is 0. The zero-order valence-electron chi connectivity index (χ0n) is 13.7. The van der Waals surface area contributed by atoms with Gasteiger partial charge in [-0.25, -0.2) is 4.79 Å². The lowest BCUT2D eigenvalue weighted by Gasteiger charge is -2.20. The number of methoxy groups -OCH3 is 1. The number of pyridine rings is 1. The third-order valence-corrected chi connectivity index (χ3v) is 4.12. The topological polar surface area (TPSA) is 119 Å². The number of hydrogen-bond donors (Lipinski definition) is 1. The van der Waals surface area contributed by atoms with Gasteiger partial charge in [-0.15, -0.1) is 0 Å². The molecule has 0 aliphatic carbocycles. The Labute approximate surface area is 143 Å². The van der Waals surface area contributed by atoms with Gasteiger partial charge in [-0.3, -0.25) is 9.78 Å². The van der Waals surface area contributed by atoms with E-state index in [0.717, 1.165) is 0 Å². The van der Waals surface area contributed by atoms with Gasteiger partial charge < -0.3 is 19.3 Å². The summed E-state index contributed by atoms with van der Waals surface area (Å²) in [7, 11) is 1.51. The molecule has 0 aromatic carbocycles. The molecule has 3 rings (SSSR count). The van der Waals surface area contributed by atoms with Gasteiger partial charge in [-0.2, -0.15) is 4.98 Å². The van der Waals surface area contributed by atoms with Crippen LogP contribution in [0.15, 0.2) is 28.9 Å².